The number of hydrogen-bond acceptors (Lipinski definition) is 8. The Morgan fingerprint density at radius 2 is 0.808 bits per heavy atom. The Morgan fingerprint density at radius 3 is 0.923 bits per heavy atom. The van der Waals surface area contributed by atoms with E-state index in [2.05, 4.69) is 0 Å². The van der Waals surface area contributed by atoms with Crippen LogP contribution in [0.25, 0.3) is 0 Å². The fraction of sp³-hybridized carbons (Fsp3) is 1.00. The van der Waals surface area contributed by atoms with Crippen molar-refractivity contribution in [2.24, 2.45) is 0 Å². The Labute approximate surface area is 175 Å². The first kappa shape index (κ1) is 34.3. The zero-order valence-corrected chi connectivity index (χ0v) is 17.2. The summed E-state index contributed by atoms with van der Waals surface area (Å²) in [7, 11) is -24.0. The number of nitrogens with one attached hydrogen (secondary N) is 2. The van der Waals surface area contributed by atoms with E-state index in [1.165, 1.54) is 0 Å². The first-order valence-corrected chi connectivity index (χ1v) is 9.65. The van der Waals surface area contributed by atoms with E-state index < -0.39 is 56.8 Å². The van der Waals surface area contributed by atoms with E-state index in [0.29, 0.717) is 0 Å². The van der Waals surface area contributed by atoms with Crippen LogP contribution in [0.2, 0.25) is 0 Å². The van der Waals surface area contributed by atoms with Gasteiger partial charge in [-0.15, -0.1) is 0 Å². The molecule has 0 heterocycles. The quantitative estimate of drug-likeness (QED) is 0.267. The average molecular weight is 492 g/mol. The van der Waals surface area contributed by atoms with Gasteiger partial charge in [0.15, 0.2) is 0 Å². The molecule has 0 amide bonds. The molecule has 24 heteroatoms. The van der Waals surface area contributed by atoms with Crippen LogP contribution in [0.3, 0.4) is 0 Å². The van der Waals surface area contributed by atoms with Gasteiger partial charge in [-0.25, -0.2) is 8.42 Å². The van der Waals surface area contributed by atoms with Gasteiger partial charge >= 0.3 is 52.7 Å². The third kappa shape index (κ3) is 14.8. The number of hydrogen-bond donors (Lipinski definition) is 2. The molecule has 0 rings (SSSR count). The largest absolute Gasteiger partial charge is 0.471 e. The van der Waals surface area contributed by atoms with Crippen LogP contribution in [0, 0.1) is 0 Å². The molecule has 2 N–H and O–H groups in total. The van der Waals surface area contributed by atoms with Crippen molar-refractivity contribution in [3.8, 4) is 0 Å². The van der Waals surface area contributed by atoms with E-state index >= 15 is 0 Å². The zero-order valence-electron chi connectivity index (χ0n) is 11.9. The molecule has 0 bridgehead atoms. The van der Waals surface area contributed by atoms with E-state index in [1.54, 1.807) is 0 Å². The summed E-state index contributed by atoms with van der Waals surface area (Å²) in [6.07, 6.45) is -6.57. The summed E-state index contributed by atoms with van der Waals surface area (Å²) in [4.78, 5) is 0. The number of rotatable bonds is 5. The van der Waals surface area contributed by atoms with Crippen molar-refractivity contribution in [1.82, 2.24) is 8.25 Å². The molecular weight excluding hydrogens is 490 g/mol. The minimum absolute atomic E-state index is 0. The van der Waals surface area contributed by atoms with Gasteiger partial charge in [-0.2, -0.15) is 47.2 Å². The molecule has 26 heavy (non-hydrogen) atoms. The van der Waals surface area contributed by atoms with Gasteiger partial charge in [0.2, 0.25) is 0 Å². The smallest absolute Gasteiger partial charge is 0.205 e. The fourth-order valence-corrected chi connectivity index (χ4v) is 3.18. The normalized spacial score (nSPS) is 13.5. The summed E-state index contributed by atoms with van der Waals surface area (Å²) in [5.41, 5.74) is 0. The summed E-state index contributed by atoms with van der Waals surface area (Å²) < 4.78 is 168. The minimum Gasteiger partial charge on any atom is -0.205 e. The molecule has 0 aliphatic carbocycles. The van der Waals surface area contributed by atoms with Gasteiger partial charge in [-0.3, -0.25) is 0 Å². The molecule has 0 spiro atoms. The van der Waals surface area contributed by atoms with Crippen molar-refractivity contribution in [1.29, 1.82) is 0 Å². The molecule has 0 aromatic rings. The van der Waals surface area contributed by atoms with E-state index in [-0.39, 0.29) is 52.5 Å². The van der Waals surface area contributed by atoms with Crippen molar-refractivity contribution < 1.29 is 67.3 Å². The van der Waals surface area contributed by atoms with E-state index in [1.807, 2.05) is 0 Å². The molecule has 2 radical (unpaired) electrons. The van der Waals surface area contributed by atoms with Gasteiger partial charge in [0.25, 0.3) is 0 Å². The van der Waals surface area contributed by atoms with Gasteiger partial charge in [0.05, 0.1) is 0 Å². The second-order valence-corrected chi connectivity index (χ2v) is 8.48. The fourth-order valence-electron chi connectivity index (χ4n) is 0.455. The molecule has 150 valence electrons. The van der Waals surface area contributed by atoms with Crippen molar-refractivity contribution in [2.75, 3.05) is 0 Å². The van der Waals surface area contributed by atoms with Crippen LogP contribution in [-0.2, 0) is 41.3 Å². The monoisotopic (exact) mass is 492 g/mol. The van der Waals surface area contributed by atoms with Crippen molar-refractivity contribution >= 4 is 89.7 Å². The molecule has 0 aromatic carbocycles. The first-order valence-electron chi connectivity index (χ1n) is 4.01. The van der Waals surface area contributed by atoms with Crippen molar-refractivity contribution in [3.63, 3.8) is 0 Å². The summed E-state index contributed by atoms with van der Waals surface area (Å²) >= 11 is 0. The maximum Gasteiger partial charge on any atom is 0.471 e. The average Bonchev–Trinajstić information content (AvgIpc) is 2.04. The van der Waals surface area contributed by atoms with Crippen LogP contribution < -0.4 is 8.25 Å². The summed E-state index contributed by atoms with van der Waals surface area (Å²) in [6, 6.07) is 0. The topological polar surface area (TPSA) is 161 Å². The molecule has 0 aromatic heterocycles. The van der Waals surface area contributed by atoms with Crippen LogP contribution in [0.15, 0.2) is 0 Å². The van der Waals surface area contributed by atoms with Crippen molar-refractivity contribution in [2.45, 2.75) is 11.4 Å². The van der Waals surface area contributed by atoms with E-state index in [0.717, 1.165) is 0 Å². The maximum absolute atomic E-state index is 12.0. The zero-order chi connectivity index (χ0) is 20.4. The van der Waals surface area contributed by atoms with Crippen LogP contribution in [0.5, 0.6) is 0 Å². The Kier molecular flexibility index (Phi) is 13.9. The van der Waals surface area contributed by atoms with Gasteiger partial charge in [0, 0.05) is 48.4 Å². The molecule has 0 atom stereocenters. The molecule has 0 saturated heterocycles. The molecular formula is C2H2F8LiN2NaO8S4. The Balaban J connectivity index is -0.000000192. The molecule has 10 nitrogen and oxygen atoms in total. The maximum atomic E-state index is 12.0. The molecule has 0 aliphatic heterocycles. The van der Waals surface area contributed by atoms with Crippen LogP contribution in [0.4, 0.5) is 33.6 Å². The third-order valence-corrected chi connectivity index (χ3v) is 5.25. The number of alkyl halides is 5. The van der Waals surface area contributed by atoms with Gasteiger partial charge in [0.1, 0.15) is 0 Å². The predicted octanol–water partition coefficient (Wildman–Crippen LogP) is -1.48. The first-order chi connectivity index (χ1) is 9.91. The SMILES string of the molecule is O=S(=O)(F)NS(=O)(=O)C(F)(F)C(F)(F)F.O=S(=O)(F)NS(=O)(=O)F.[Li].[Na]. The van der Waals surface area contributed by atoms with E-state index in [9.17, 15) is 67.3 Å². The van der Waals surface area contributed by atoms with Crippen molar-refractivity contribution in [3.05, 3.63) is 0 Å². The Hall–Kier alpha value is 0.757. The number of sulfonamides is 1. The minimum atomic E-state index is -6.75. The second-order valence-electron chi connectivity index (χ2n) is 3.00. The predicted molar refractivity (Wildman–Crippen MR) is 67.8 cm³/mol. The number of halogens is 8. The third-order valence-electron chi connectivity index (χ3n) is 1.08. The van der Waals surface area contributed by atoms with E-state index in [4.69, 9.17) is 0 Å². The van der Waals surface area contributed by atoms with Gasteiger partial charge in [-0.1, -0.05) is 19.9 Å². The summed E-state index contributed by atoms with van der Waals surface area (Å²) in [6.45, 7) is 0. The van der Waals surface area contributed by atoms with Gasteiger partial charge < -0.3 is 0 Å². The molecule has 0 saturated carbocycles. The molecule has 0 fully saturated rings. The van der Waals surface area contributed by atoms with Crippen LogP contribution in [0.1, 0.15) is 0 Å². The standard InChI is InChI=1S/C2HF6NO4S2.F2HNO4S2.Li.Na/c3-1(4,5)2(6,7)14(10,11)9-15(8,12)13;1-8(4,5)3-9(2,6)7;;/h9H;3H;;. The molecule has 0 unspecified atom stereocenters. The Bertz CT molecular complexity index is 834. The summed E-state index contributed by atoms with van der Waals surface area (Å²) in [5, 5.41) is -6.42. The summed E-state index contributed by atoms with van der Waals surface area (Å²) in [5.74, 6) is 0. The van der Waals surface area contributed by atoms with Crippen LogP contribution in [-0.4, -0.2) is 93.5 Å². The van der Waals surface area contributed by atoms with Crippen LogP contribution >= 0.6 is 0 Å². The van der Waals surface area contributed by atoms with Gasteiger partial charge in [-0.05, 0) is 0 Å². The second kappa shape index (κ2) is 10.5. The Morgan fingerprint density at radius 1 is 0.577 bits per heavy atom. The molecule has 0 aliphatic rings.